The topological polar surface area (TPSA) is 12.0 Å². The average Bonchev–Trinajstić information content (AvgIpc) is 2.39. The maximum absolute atomic E-state index is 13.2. The van der Waals surface area contributed by atoms with Crippen LogP contribution in [-0.2, 0) is 5.75 Å². The van der Waals surface area contributed by atoms with Crippen molar-refractivity contribution in [1.29, 1.82) is 0 Å². The molecule has 92 valence electrons. The predicted octanol–water partition coefficient (Wildman–Crippen LogP) is 4.23. The van der Waals surface area contributed by atoms with Crippen LogP contribution in [0.25, 0.3) is 0 Å². The molecule has 0 radical (unpaired) electrons. The van der Waals surface area contributed by atoms with Gasteiger partial charge in [-0.2, -0.15) is 11.8 Å². The van der Waals surface area contributed by atoms with Gasteiger partial charge in [0.2, 0.25) is 0 Å². The molecule has 1 nitrogen and oxygen atoms in total. The number of anilines is 1. The molecule has 0 bridgehead atoms. The van der Waals surface area contributed by atoms with Crippen molar-refractivity contribution in [3.05, 3.63) is 65.5 Å². The van der Waals surface area contributed by atoms with Crippen molar-refractivity contribution in [1.82, 2.24) is 0 Å². The second-order valence-corrected chi connectivity index (χ2v) is 5.45. The lowest BCUT2D eigenvalue weighted by Crippen LogP contribution is -2.18. The highest BCUT2D eigenvalue weighted by atomic mass is 32.2. The highest BCUT2D eigenvalue weighted by Gasteiger charge is 2.19. The number of halogens is 1. The molecule has 1 heterocycles. The molecule has 1 unspecified atom stereocenters. The molecule has 3 rings (SSSR count). The maximum atomic E-state index is 13.2. The zero-order chi connectivity index (χ0) is 12.4. The van der Waals surface area contributed by atoms with Crippen LogP contribution in [0.4, 0.5) is 10.1 Å². The molecule has 0 amide bonds. The van der Waals surface area contributed by atoms with Crippen LogP contribution < -0.4 is 5.32 Å². The fourth-order valence-corrected chi connectivity index (χ4v) is 3.38. The highest BCUT2D eigenvalue weighted by molar-refractivity contribution is 7.98. The van der Waals surface area contributed by atoms with E-state index in [9.17, 15) is 4.39 Å². The van der Waals surface area contributed by atoms with Gasteiger partial charge in [-0.05, 0) is 29.3 Å². The first-order valence-electron chi connectivity index (χ1n) is 6.00. The first-order valence-corrected chi connectivity index (χ1v) is 7.16. The molecule has 1 aliphatic rings. The lowest BCUT2D eigenvalue weighted by atomic mass is 10.0. The van der Waals surface area contributed by atoms with Crippen LogP contribution in [0, 0.1) is 5.82 Å². The van der Waals surface area contributed by atoms with E-state index < -0.39 is 0 Å². The summed E-state index contributed by atoms with van der Waals surface area (Å²) in [5, 5.41) is 3.42. The second-order valence-electron chi connectivity index (χ2n) is 4.42. The summed E-state index contributed by atoms with van der Waals surface area (Å²) in [5.74, 6) is 1.89. The van der Waals surface area contributed by atoms with Crippen LogP contribution in [-0.4, -0.2) is 5.75 Å². The molecule has 1 atom stereocenters. The lowest BCUT2D eigenvalue weighted by molar-refractivity contribution is 0.628. The van der Waals surface area contributed by atoms with Gasteiger partial charge in [0, 0.05) is 17.2 Å². The van der Waals surface area contributed by atoms with Crippen molar-refractivity contribution < 1.29 is 4.39 Å². The Balaban J connectivity index is 1.86. The zero-order valence-corrected chi connectivity index (χ0v) is 10.7. The molecule has 0 aliphatic carbocycles. The van der Waals surface area contributed by atoms with Crippen LogP contribution in [0.3, 0.4) is 0 Å². The molecule has 0 spiro atoms. The number of thioether (sulfide) groups is 1. The largest absolute Gasteiger partial charge is 0.377 e. The Bertz CT molecular complexity index is 556. The molecule has 2 aromatic carbocycles. The van der Waals surface area contributed by atoms with Crippen molar-refractivity contribution in [3.8, 4) is 0 Å². The van der Waals surface area contributed by atoms with E-state index in [1.54, 1.807) is 12.1 Å². The summed E-state index contributed by atoms with van der Waals surface area (Å²) in [6.45, 7) is 0. The fourth-order valence-electron chi connectivity index (χ4n) is 2.28. The van der Waals surface area contributed by atoms with Gasteiger partial charge in [0.1, 0.15) is 5.82 Å². The van der Waals surface area contributed by atoms with Gasteiger partial charge in [-0.15, -0.1) is 0 Å². The maximum Gasteiger partial charge on any atom is 0.125 e. The third kappa shape index (κ3) is 2.36. The third-order valence-corrected chi connectivity index (χ3v) is 4.22. The molecule has 0 saturated heterocycles. The highest BCUT2D eigenvalue weighted by Crippen LogP contribution is 2.33. The van der Waals surface area contributed by atoms with Gasteiger partial charge in [-0.3, -0.25) is 0 Å². The zero-order valence-electron chi connectivity index (χ0n) is 9.90. The van der Waals surface area contributed by atoms with E-state index >= 15 is 0 Å². The standard InChI is InChI=1S/C15H14FNS/c16-12-5-3-6-13(8-12)17-15-10-18-9-11-4-1-2-7-14(11)15/h1-8,15,17H,9-10H2. The minimum absolute atomic E-state index is 0.197. The Labute approximate surface area is 110 Å². The van der Waals surface area contributed by atoms with Gasteiger partial charge in [0.25, 0.3) is 0 Å². The molecule has 0 aromatic heterocycles. The Hall–Kier alpha value is -1.48. The van der Waals surface area contributed by atoms with Crippen LogP contribution in [0.2, 0.25) is 0 Å². The molecule has 0 saturated carbocycles. The predicted molar refractivity (Wildman–Crippen MR) is 75.4 cm³/mol. The Morgan fingerprint density at radius 3 is 2.89 bits per heavy atom. The molecule has 1 aliphatic heterocycles. The third-order valence-electron chi connectivity index (χ3n) is 3.14. The molecular formula is C15H14FNS. The second kappa shape index (κ2) is 5.02. The monoisotopic (exact) mass is 259 g/mol. The smallest absolute Gasteiger partial charge is 0.125 e. The Kier molecular flexibility index (Phi) is 3.24. The minimum atomic E-state index is -0.197. The van der Waals surface area contributed by atoms with Crippen molar-refractivity contribution >= 4 is 17.4 Å². The van der Waals surface area contributed by atoms with E-state index in [1.165, 1.54) is 17.2 Å². The van der Waals surface area contributed by atoms with Crippen LogP contribution in [0.15, 0.2) is 48.5 Å². The minimum Gasteiger partial charge on any atom is -0.377 e. The van der Waals surface area contributed by atoms with E-state index in [2.05, 4.69) is 29.6 Å². The van der Waals surface area contributed by atoms with Gasteiger partial charge < -0.3 is 5.32 Å². The SMILES string of the molecule is Fc1cccc(NC2CSCc3ccccc32)c1. The first kappa shape index (κ1) is 11.6. The summed E-state index contributed by atoms with van der Waals surface area (Å²) in [7, 11) is 0. The van der Waals surface area contributed by atoms with Crippen LogP contribution >= 0.6 is 11.8 Å². The first-order chi connectivity index (χ1) is 8.83. The summed E-state index contributed by atoms with van der Waals surface area (Å²) in [4.78, 5) is 0. The normalized spacial score (nSPS) is 18.2. The summed E-state index contributed by atoms with van der Waals surface area (Å²) in [6, 6.07) is 15.4. The van der Waals surface area contributed by atoms with Gasteiger partial charge >= 0.3 is 0 Å². The van der Waals surface area contributed by atoms with E-state index in [-0.39, 0.29) is 11.9 Å². The number of benzene rings is 2. The number of nitrogens with one attached hydrogen (secondary N) is 1. The van der Waals surface area contributed by atoms with E-state index in [0.717, 1.165) is 17.2 Å². The van der Waals surface area contributed by atoms with Crippen molar-refractivity contribution in [2.24, 2.45) is 0 Å². The summed E-state index contributed by atoms with van der Waals surface area (Å²) >= 11 is 1.91. The number of hydrogen-bond acceptors (Lipinski definition) is 2. The number of rotatable bonds is 2. The Morgan fingerprint density at radius 1 is 1.11 bits per heavy atom. The van der Waals surface area contributed by atoms with Crippen molar-refractivity contribution in [3.63, 3.8) is 0 Å². The summed E-state index contributed by atoms with van der Waals surface area (Å²) in [6.07, 6.45) is 0. The number of hydrogen-bond donors (Lipinski definition) is 1. The van der Waals surface area contributed by atoms with Gasteiger partial charge in [-0.25, -0.2) is 4.39 Å². The quantitative estimate of drug-likeness (QED) is 0.866. The van der Waals surface area contributed by atoms with Crippen LogP contribution in [0.1, 0.15) is 17.2 Å². The van der Waals surface area contributed by atoms with E-state index in [4.69, 9.17) is 0 Å². The molecule has 18 heavy (non-hydrogen) atoms. The van der Waals surface area contributed by atoms with E-state index in [1.807, 2.05) is 17.8 Å². The summed E-state index contributed by atoms with van der Waals surface area (Å²) < 4.78 is 13.2. The van der Waals surface area contributed by atoms with Gasteiger partial charge in [0.15, 0.2) is 0 Å². The molecule has 0 fully saturated rings. The molecule has 2 aromatic rings. The molecular weight excluding hydrogens is 245 g/mol. The number of fused-ring (bicyclic) bond motifs is 1. The van der Waals surface area contributed by atoms with Gasteiger partial charge in [0.05, 0.1) is 6.04 Å². The molecule has 3 heteroatoms. The average molecular weight is 259 g/mol. The Morgan fingerprint density at radius 2 is 2.00 bits per heavy atom. The van der Waals surface area contributed by atoms with E-state index in [0.29, 0.717) is 0 Å². The van der Waals surface area contributed by atoms with Crippen molar-refractivity contribution in [2.45, 2.75) is 11.8 Å². The molecule has 1 N–H and O–H groups in total. The van der Waals surface area contributed by atoms with Crippen LogP contribution in [0.5, 0.6) is 0 Å². The summed E-state index contributed by atoms with van der Waals surface area (Å²) in [5.41, 5.74) is 3.56. The van der Waals surface area contributed by atoms with Gasteiger partial charge in [-0.1, -0.05) is 30.3 Å². The van der Waals surface area contributed by atoms with Crippen molar-refractivity contribution in [2.75, 3.05) is 11.1 Å². The fraction of sp³-hybridized carbons (Fsp3) is 0.200. The lowest BCUT2D eigenvalue weighted by Gasteiger charge is -2.26.